The minimum Gasteiger partial charge on any atom is -0.311 e. The Balaban J connectivity index is 1.60. The molecule has 0 aliphatic heterocycles. The molecule has 2 rings (SSSR count). The Bertz CT molecular complexity index is 323. The van der Waals surface area contributed by atoms with Gasteiger partial charge in [-0.15, -0.1) is 11.3 Å². The Morgan fingerprint density at radius 1 is 1.50 bits per heavy atom. The normalized spacial score (nSPS) is 15.9. The summed E-state index contributed by atoms with van der Waals surface area (Å²) in [4.78, 5) is 3.98. The highest BCUT2D eigenvalue weighted by Crippen LogP contribution is 2.26. The van der Waals surface area contributed by atoms with E-state index in [0.717, 1.165) is 19.1 Å². The number of hydrogen-bond acceptors (Lipinski definition) is 3. The van der Waals surface area contributed by atoms with Gasteiger partial charge in [0.1, 0.15) is 0 Å². The van der Waals surface area contributed by atoms with Crippen LogP contribution >= 0.6 is 27.3 Å². The van der Waals surface area contributed by atoms with E-state index >= 15 is 0 Å². The molecule has 0 aromatic carbocycles. The summed E-state index contributed by atoms with van der Waals surface area (Å²) >= 11 is 5.30. The van der Waals surface area contributed by atoms with Crippen LogP contribution in [-0.2, 0) is 6.54 Å². The van der Waals surface area contributed by atoms with Gasteiger partial charge in [0.2, 0.25) is 0 Å². The summed E-state index contributed by atoms with van der Waals surface area (Å²) in [6, 6.07) is 5.19. The summed E-state index contributed by atoms with van der Waals surface area (Å²) < 4.78 is 1.22. The molecule has 0 unspecified atom stereocenters. The highest BCUT2D eigenvalue weighted by Gasteiger charge is 2.26. The second-order valence-electron chi connectivity index (χ2n) is 4.24. The van der Waals surface area contributed by atoms with Gasteiger partial charge in [-0.1, -0.05) is 6.92 Å². The first-order valence-corrected chi connectivity index (χ1v) is 7.59. The number of thiophene rings is 1. The van der Waals surface area contributed by atoms with E-state index in [1.807, 2.05) is 11.3 Å². The van der Waals surface area contributed by atoms with E-state index in [1.54, 1.807) is 0 Å². The fourth-order valence-electron chi connectivity index (χ4n) is 1.92. The molecule has 1 heterocycles. The maximum Gasteiger partial charge on any atom is 0.0701 e. The molecule has 0 saturated heterocycles. The molecule has 0 amide bonds. The van der Waals surface area contributed by atoms with Gasteiger partial charge in [0, 0.05) is 30.6 Å². The van der Waals surface area contributed by atoms with E-state index in [4.69, 9.17) is 0 Å². The van der Waals surface area contributed by atoms with Crippen LogP contribution in [-0.4, -0.2) is 30.6 Å². The zero-order valence-electron chi connectivity index (χ0n) is 9.71. The van der Waals surface area contributed by atoms with Crippen molar-refractivity contribution in [1.29, 1.82) is 0 Å². The smallest absolute Gasteiger partial charge is 0.0701 e. The average Bonchev–Trinajstić information content (AvgIpc) is 3.03. The van der Waals surface area contributed by atoms with Crippen LogP contribution in [0.1, 0.15) is 24.6 Å². The van der Waals surface area contributed by atoms with Gasteiger partial charge in [-0.05, 0) is 47.4 Å². The van der Waals surface area contributed by atoms with E-state index in [-0.39, 0.29) is 0 Å². The molecule has 1 fully saturated rings. The van der Waals surface area contributed by atoms with Crippen molar-refractivity contribution < 1.29 is 0 Å². The number of nitrogens with one attached hydrogen (secondary N) is 1. The SMILES string of the molecule is CCN(CCNCc1ccc(Br)s1)C1CC1. The van der Waals surface area contributed by atoms with Gasteiger partial charge in [0.25, 0.3) is 0 Å². The van der Waals surface area contributed by atoms with Crippen LogP contribution in [0.4, 0.5) is 0 Å². The lowest BCUT2D eigenvalue weighted by atomic mass is 10.4. The molecule has 2 nitrogen and oxygen atoms in total. The van der Waals surface area contributed by atoms with E-state index < -0.39 is 0 Å². The first-order valence-electron chi connectivity index (χ1n) is 5.98. The molecular formula is C12H19BrN2S. The van der Waals surface area contributed by atoms with Crippen molar-refractivity contribution in [2.75, 3.05) is 19.6 Å². The molecule has 1 aliphatic carbocycles. The first-order chi connectivity index (χ1) is 7.79. The van der Waals surface area contributed by atoms with E-state index in [1.165, 1.54) is 34.6 Å². The minimum absolute atomic E-state index is 0.891. The third-order valence-corrected chi connectivity index (χ3v) is 4.60. The summed E-state index contributed by atoms with van der Waals surface area (Å²) in [7, 11) is 0. The average molecular weight is 303 g/mol. The number of nitrogens with zero attached hydrogens (tertiary/aromatic N) is 1. The summed E-state index contributed by atoms with van der Waals surface area (Å²) in [5.74, 6) is 0. The Morgan fingerprint density at radius 2 is 2.31 bits per heavy atom. The predicted molar refractivity (Wildman–Crippen MR) is 74.0 cm³/mol. The summed E-state index contributed by atoms with van der Waals surface area (Å²) in [5.41, 5.74) is 0. The first kappa shape index (κ1) is 12.6. The number of likely N-dealkylation sites (N-methyl/N-ethyl adjacent to an activating group) is 1. The van der Waals surface area contributed by atoms with Crippen molar-refractivity contribution in [3.8, 4) is 0 Å². The number of halogens is 1. The third kappa shape index (κ3) is 3.84. The summed E-state index contributed by atoms with van der Waals surface area (Å²) in [6.07, 6.45) is 2.82. The zero-order valence-corrected chi connectivity index (χ0v) is 12.1. The predicted octanol–water partition coefficient (Wildman–Crippen LogP) is 3.08. The van der Waals surface area contributed by atoms with E-state index in [0.29, 0.717) is 0 Å². The second kappa shape index (κ2) is 6.15. The van der Waals surface area contributed by atoms with Gasteiger partial charge in [-0.3, -0.25) is 4.90 Å². The molecule has 0 atom stereocenters. The fourth-order valence-corrected chi connectivity index (χ4v) is 3.37. The molecule has 0 radical (unpaired) electrons. The number of rotatable bonds is 7. The molecule has 0 spiro atoms. The Hall–Kier alpha value is 0.1000. The minimum atomic E-state index is 0.891. The highest BCUT2D eigenvalue weighted by molar-refractivity contribution is 9.11. The van der Waals surface area contributed by atoms with Crippen LogP contribution in [0.15, 0.2) is 15.9 Å². The molecule has 1 aliphatic rings. The van der Waals surface area contributed by atoms with Gasteiger partial charge < -0.3 is 5.32 Å². The van der Waals surface area contributed by atoms with Gasteiger partial charge in [-0.25, -0.2) is 0 Å². The maximum atomic E-state index is 3.51. The van der Waals surface area contributed by atoms with Crippen molar-refractivity contribution in [1.82, 2.24) is 10.2 Å². The summed E-state index contributed by atoms with van der Waals surface area (Å²) in [6.45, 7) is 6.73. The number of hydrogen-bond donors (Lipinski definition) is 1. The van der Waals surface area contributed by atoms with Crippen molar-refractivity contribution in [2.45, 2.75) is 32.4 Å². The molecular weight excluding hydrogens is 284 g/mol. The molecule has 1 saturated carbocycles. The van der Waals surface area contributed by atoms with Gasteiger partial charge in [0.05, 0.1) is 3.79 Å². The largest absolute Gasteiger partial charge is 0.311 e. The van der Waals surface area contributed by atoms with Crippen molar-refractivity contribution in [3.63, 3.8) is 0 Å². The van der Waals surface area contributed by atoms with Gasteiger partial charge in [0.15, 0.2) is 0 Å². The maximum absolute atomic E-state index is 3.51. The van der Waals surface area contributed by atoms with E-state index in [9.17, 15) is 0 Å². The quantitative estimate of drug-likeness (QED) is 0.779. The van der Waals surface area contributed by atoms with Crippen molar-refractivity contribution in [3.05, 3.63) is 20.8 Å². The molecule has 4 heteroatoms. The molecule has 90 valence electrons. The molecule has 16 heavy (non-hydrogen) atoms. The lowest BCUT2D eigenvalue weighted by molar-refractivity contribution is 0.277. The topological polar surface area (TPSA) is 15.3 Å². The van der Waals surface area contributed by atoms with Crippen LogP contribution in [0, 0.1) is 0 Å². The molecule has 1 aromatic heterocycles. The fraction of sp³-hybridized carbons (Fsp3) is 0.667. The Kier molecular flexibility index (Phi) is 4.82. The summed E-state index contributed by atoms with van der Waals surface area (Å²) in [5, 5.41) is 3.51. The molecule has 0 bridgehead atoms. The second-order valence-corrected chi connectivity index (χ2v) is 6.79. The molecule has 1 aromatic rings. The van der Waals surface area contributed by atoms with Crippen molar-refractivity contribution >= 4 is 27.3 Å². The Labute approximate surface area is 110 Å². The third-order valence-electron chi connectivity index (χ3n) is 2.97. The monoisotopic (exact) mass is 302 g/mol. The Morgan fingerprint density at radius 3 is 2.88 bits per heavy atom. The van der Waals surface area contributed by atoms with Crippen LogP contribution in [0.25, 0.3) is 0 Å². The zero-order chi connectivity index (χ0) is 11.4. The van der Waals surface area contributed by atoms with Crippen LogP contribution < -0.4 is 5.32 Å². The van der Waals surface area contributed by atoms with Gasteiger partial charge in [-0.2, -0.15) is 0 Å². The van der Waals surface area contributed by atoms with Crippen LogP contribution in [0.5, 0.6) is 0 Å². The lowest BCUT2D eigenvalue weighted by Crippen LogP contribution is -2.33. The van der Waals surface area contributed by atoms with Crippen LogP contribution in [0.3, 0.4) is 0 Å². The van der Waals surface area contributed by atoms with Crippen LogP contribution in [0.2, 0.25) is 0 Å². The van der Waals surface area contributed by atoms with Gasteiger partial charge >= 0.3 is 0 Å². The standard InChI is InChI=1S/C12H19BrN2S/c1-2-15(10-3-4-10)8-7-14-9-11-5-6-12(13)16-11/h5-6,10,14H,2-4,7-9H2,1H3. The highest BCUT2D eigenvalue weighted by atomic mass is 79.9. The lowest BCUT2D eigenvalue weighted by Gasteiger charge is -2.19. The van der Waals surface area contributed by atoms with E-state index in [2.05, 4.69) is 45.2 Å². The molecule has 1 N–H and O–H groups in total. The van der Waals surface area contributed by atoms with Crippen molar-refractivity contribution in [2.24, 2.45) is 0 Å².